The SMILES string of the molecule is CCC1(c2ccc(F)cc2)NC(=O)N(CC(=O)N2N=C(c3ccco3)CC2c2ccco2)C1=O. The van der Waals surface area contributed by atoms with Gasteiger partial charge in [-0.05, 0) is 48.4 Å². The van der Waals surface area contributed by atoms with Crippen molar-refractivity contribution in [2.75, 3.05) is 6.54 Å². The van der Waals surface area contributed by atoms with E-state index in [9.17, 15) is 18.8 Å². The maximum Gasteiger partial charge on any atom is 0.325 e. The number of hydrogen-bond acceptors (Lipinski definition) is 6. The highest BCUT2D eigenvalue weighted by Gasteiger charge is 2.52. The van der Waals surface area contributed by atoms with Gasteiger partial charge < -0.3 is 14.2 Å². The zero-order valence-corrected chi connectivity index (χ0v) is 18.2. The molecular weight excluding hydrogens is 443 g/mol. The highest BCUT2D eigenvalue weighted by Crippen LogP contribution is 2.35. The zero-order chi connectivity index (χ0) is 23.9. The van der Waals surface area contributed by atoms with Gasteiger partial charge in [0.05, 0.1) is 12.5 Å². The second kappa shape index (κ2) is 8.29. The molecule has 10 heteroatoms. The predicted molar refractivity (Wildman–Crippen MR) is 117 cm³/mol. The van der Waals surface area contributed by atoms with E-state index < -0.39 is 41.8 Å². The van der Waals surface area contributed by atoms with Gasteiger partial charge in [-0.25, -0.2) is 14.2 Å². The number of urea groups is 1. The number of nitrogens with one attached hydrogen (secondary N) is 1. The number of carbonyl (C=O) groups is 3. The number of hydrogen-bond donors (Lipinski definition) is 1. The maximum atomic E-state index is 13.4. The number of imide groups is 1. The summed E-state index contributed by atoms with van der Waals surface area (Å²) in [7, 11) is 0. The molecule has 174 valence electrons. The van der Waals surface area contributed by atoms with Gasteiger partial charge in [-0.2, -0.15) is 5.10 Å². The molecule has 5 rings (SSSR count). The molecular formula is C24H21FN4O5. The quantitative estimate of drug-likeness (QED) is 0.562. The standard InChI is InChI=1S/C24H21FN4O5/c1-2-24(15-7-9-16(25)10-8-15)22(31)28(23(32)26-24)14-21(30)29-18(20-6-4-12-34-20)13-17(27-29)19-5-3-11-33-19/h3-12,18H,2,13-14H2,1H3,(H,26,32). The highest BCUT2D eigenvalue weighted by molar-refractivity contribution is 6.09. The lowest BCUT2D eigenvalue weighted by Gasteiger charge is -2.26. The van der Waals surface area contributed by atoms with E-state index >= 15 is 0 Å². The van der Waals surface area contributed by atoms with Crippen LogP contribution in [0.3, 0.4) is 0 Å². The second-order valence-electron chi connectivity index (χ2n) is 8.08. The van der Waals surface area contributed by atoms with E-state index in [1.54, 1.807) is 31.2 Å². The van der Waals surface area contributed by atoms with Crippen LogP contribution in [0, 0.1) is 5.82 Å². The molecule has 34 heavy (non-hydrogen) atoms. The summed E-state index contributed by atoms with van der Waals surface area (Å²) in [5, 5.41) is 8.34. The summed E-state index contributed by atoms with van der Waals surface area (Å²) >= 11 is 0. The van der Waals surface area contributed by atoms with Crippen molar-refractivity contribution < 1.29 is 27.6 Å². The molecule has 0 radical (unpaired) electrons. The Kier molecular flexibility index (Phi) is 5.27. The van der Waals surface area contributed by atoms with Crippen molar-refractivity contribution in [2.45, 2.75) is 31.3 Å². The lowest BCUT2D eigenvalue weighted by molar-refractivity contribution is -0.140. The van der Waals surface area contributed by atoms with Gasteiger partial charge >= 0.3 is 6.03 Å². The summed E-state index contributed by atoms with van der Waals surface area (Å²) in [5.74, 6) is -0.559. The first-order valence-electron chi connectivity index (χ1n) is 10.8. The Balaban J connectivity index is 1.41. The second-order valence-corrected chi connectivity index (χ2v) is 8.08. The van der Waals surface area contributed by atoms with E-state index in [0.29, 0.717) is 29.2 Å². The summed E-state index contributed by atoms with van der Waals surface area (Å²) in [4.78, 5) is 40.4. The molecule has 2 aliphatic rings. The molecule has 9 nitrogen and oxygen atoms in total. The third-order valence-corrected chi connectivity index (χ3v) is 6.18. The summed E-state index contributed by atoms with van der Waals surface area (Å²) in [5.41, 5.74) is -0.386. The molecule has 0 spiro atoms. The Morgan fingerprint density at radius 2 is 1.88 bits per heavy atom. The number of amides is 4. The van der Waals surface area contributed by atoms with E-state index in [0.717, 1.165) is 4.90 Å². The van der Waals surface area contributed by atoms with Gasteiger partial charge in [-0.1, -0.05) is 19.1 Å². The van der Waals surface area contributed by atoms with Crippen LogP contribution in [-0.2, 0) is 15.1 Å². The molecule has 0 aliphatic carbocycles. The van der Waals surface area contributed by atoms with Crippen LogP contribution in [0.2, 0.25) is 0 Å². The highest BCUT2D eigenvalue weighted by atomic mass is 19.1. The largest absolute Gasteiger partial charge is 0.467 e. The first-order chi connectivity index (χ1) is 16.4. The van der Waals surface area contributed by atoms with Gasteiger partial charge in [0.25, 0.3) is 11.8 Å². The fraction of sp³-hybridized carbons (Fsp3) is 0.250. The third kappa shape index (κ3) is 3.47. The van der Waals surface area contributed by atoms with Gasteiger partial charge in [-0.15, -0.1) is 0 Å². The van der Waals surface area contributed by atoms with Crippen molar-refractivity contribution in [3.63, 3.8) is 0 Å². The molecule has 2 aliphatic heterocycles. The van der Waals surface area contributed by atoms with Gasteiger partial charge in [0.15, 0.2) is 0 Å². The van der Waals surface area contributed by atoms with E-state index in [2.05, 4.69) is 10.4 Å². The van der Waals surface area contributed by atoms with E-state index in [-0.39, 0.29) is 6.42 Å². The predicted octanol–water partition coefficient (Wildman–Crippen LogP) is 3.55. The summed E-state index contributed by atoms with van der Waals surface area (Å²) in [6.45, 7) is 1.22. The molecule has 1 saturated heterocycles. The van der Waals surface area contributed by atoms with Gasteiger partial charge in [0.2, 0.25) is 0 Å². The smallest absolute Gasteiger partial charge is 0.325 e. The van der Waals surface area contributed by atoms with Crippen LogP contribution in [-0.4, -0.2) is 40.0 Å². The number of benzene rings is 1. The van der Waals surface area contributed by atoms with Crippen LogP contribution in [0.15, 0.2) is 75.0 Å². The van der Waals surface area contributed by atoms with Crippen molar-refractivity contribution in [2.24, 2.45) is 5.10 Å². The fourth-order valence-electron chi connectivity index (χ4n) is 4.39. The number of hydrazone groups is 1. The average molecular weight is 464 g/mol. The summed E-state index contributed by atoms with van der Waals surface area (Å²) in [6, 6.07) is 11.0. The third-order valence-electron chi connectivity index (χ3n) is 6.18. The topological polar surface area (TPSA) is 108 Å². The minimum atomic E-state index is -1.38. The van der Waals surface area contributed by atoms with Gasteiger partial charge in [0, 0.05) is 6.42 Å². The molecule has 1 N–H and O–H groups in total. The maximum absolute atomic E-state index is 13.4. The summed E-state index contributed by atoms with van der Waals surface area (Å²) < 4.78 is 24.4. The monoisotopic (exact) mass is 464 g/mol. The number of carbonyl (C=O) groups excluding carboxylic acids is 3. The van der Waals surface area contributed by atoms with Crippen molar-refractivity contribution >= 4 is 23.6 Å². The van der Waals surface area contributed by atoms with Crippen molar-refractivity contribution in [3.05, 3.63) is 84.0 Å². The Hall–Kier alpha value is -4.21. The fourth-order valence-corrected chi connectivity index (χ4v) is 4.39. The van der Waals surface area contributed by atoms with Crippen molar-refractivity contribution in [3.8, 4) is 0 Å². The van der Waals surface area contributed by atoms with Crippen LogP contribution in [0.25, 0.3) is 0 Å². The molecule has 2 atom stereocenters. The Labute approximate surface area is 193 Å². The molecule has 3 aromatic rings. The number of furan rings is 2. The molecule has 0 saturated carbocycles. The van der Waals surface area contributed by atoms with E-state index in [1.807, 2.05) is 0 Å². The van der Waals surface area contributed by atoms with Crippen LogP contribution in [0.4, 0.5) is 9.18 Å². The van der Waals surface area contributed by atoms with Crippen LogP contribution in [0.5, 0.6) is 0 Å². The Morgan fingerprint density at radius 3 is 2.53 bits per heavy atom. The van der Waals surface area contributed by atoms with Gasteiger partial charge in [0.1, 0.15) is 41.2 Å². The lowest BCUT2D eigenvalue weighted by atomic mass is 9.87. The molecule has 1 aromatic carbocycles. The van der Waals surface area contributed by atoms with Crippen LogP contribution >= 0.6 is 0 Å². The molecule has 4 heterocycles. The summed E-state index contributed by atoms with van der Waals surface area (Å²) in [6.07, 6.45) is 3.59. The molecule has 0 bridgehead atoms. The van der Waals surface area contributed by atoms with Gasteiger partial charge in [-0.3, -0.25) is 14.5 Å². The molecule has 2 aromatic heterocycles. The van der Waals surface area contributed by atoms with Crippen molar-refractivity contribution in [1.82, 2.24) is 15.2 Å². The van der Waals surface area contributed by atoms with Crippen LogP contribution in [0.1, 0.15) is 42.9 Å². The Morgan fingerprint density at radius 1 is 1.15 bits per heavy atom. The minimum Gasteiger partial charge on any atom is -0.467 e. The first-order valence-corrected chi connectivity index (χ1v) is 10.8. The number of nitrogens with zero attached hydrogens (tertiary/aromatic N) is 3. The zero-order valence-electron chi connectivity index (χ0n) is 18.2. The normalized spacial score (nSPS) is 22.3. The van der Waals surface area contributed by atoms with E-state index in [1.165, 1.54) is 41.8 Å². The molecule has 2 unspecified atom stereocenters. The Bertz CT molecular complexity index is 1250. The first kappa shape index (κ1) is 21.6. The van der Waals surface area contributed by atoms with E-state index in [4.69, 9.17) is 8.83 Å². The minimum absolute atomic E-state index is 0.230. The number of rotatable bonds is 6. The van der Waals surface area contributed by atoms with Crippen molar-refractivity contribution in [1.29, 1.82) is 0 Å². The van der Waals surface area contributed by atoms with Crippen LogP contribution < -0.4 is 5.32 Å². The molecule has 1 fully saturated rings. The number of halogens is 1. The molecule has 4 amide bonds. The lowest BCUT2D eigenvalue weighted by Crippen LogP contribution is -2.45. The average Bonchev–Trinajstić information content (AvgIpc) is 3.63.